The molecular weight excluding hydrogens is 429 g/mol. The van der Waals surface area contributed by atoms with E-state index in [1.54, 1.807) is 18.1 Å². The molecule has 0 aliphatic heterocycles. The summed E-state index contributed by atoms with van der Waals surface area (Å²) in [6.07, 6.45) is 7.35. The number of guanidine groups is 1. The van der Waals surface area contributed by atoms with Crippen LogP contribution in [-0.4, -0.2) is 55.5 Å². The number of hydrogen-bond donors (Lipinski definition) is 2. The Morgan fingerprint density at radius 2 is 2.04 bits per heavy atom. The number of rotatable bonds is 10. The molecule has 0 fully saturated rings. The zero-order chi connectivity index (χ0) is 17.6. The molecule has 0 aliphatic rings. The lowest BCUT2D eigenvalue weighted by atomic mass is 10.2. The lowest BCUT2D eigenvalue weighted by molar-refractivity contribution is -0.128. The van der Waals surface area contributed by atoms with Gasteiger partial charge in [0.2, 0.25) is 5.91 Å². The van der Waals surface area contributed by atoms with Crippen molar-refractivity contribution in [3.63, 3.8) is 0 Å². The molecule has 0 bridgehead atoms. The summed E-state index contributed by atoms with van der Waals surface area (Å²) < 4.78 is 0. The summed E-state index contributed by atoms with van der Waals surface area (Å²) in [5.74, 6) is 0.720. The lowest BCUT2D eigenvalue weighted by Crippen LogP contribution is -2.44. The fraction of sp³-hybridized carbons (Fsp3) is 0.611. The Morgan fingerprint density at radius 1 is 1.24 bits per heavy atom. The van der Waals surface area contributed by atoms with Crippen LogP contribution in [0.1, 0.15) is 38.3 Å². The SMILES string of the molecule is CCCCCCNC(=NC)NCC(=O)N(C)CCc1ccccn1.I. The monoisotopic (exact) mass is 461 g/mol. The predicted molar refractivity (Wildman–Crippen MR) is 114 cm³/mol. The predicted octanol–water partition coefficient (Wildman–Crippen LogP) is 2.45. The highest BCUT2D eigenvalue weighted by Crippen LogP contribution is 1.97. The highest BCUT2D eigenvalue weighted by molar-refractivity contribution is 14.0. The highest BCUT2D eigenvalue weighted by atomic mass is 127. The van der Waals surface area contributed by atoms with Gasteiger partial charge in [-0.3, -0.25) is 14.8 Å². The van der Waals surface area contributed by atoms with Crippen molar-refractivity contribution in [1.29, 1.82) is 0 Å². The van der Waals surface area contributed by atoms with Crippen LogP contribution in [0, 0.1) is 0 Å². The highest BCUT2D eigenvalue weighted by Gasteiger charge is 2.09. The van der Waals surface area contributed by atoms with E-state index < -0.39 is 0 Å². The van der Waals surface area contributed by atoms with E-state index in [2.05, 4.69) is 27.5 Å². The number of carbonyl (C=O) groups is 1. The second kappa shape index (κ2) is 14.9. The summed E-state index contributed by atoms with van der Waals surface area (Å²) in [4.78, 5) is 22.3. The minimum Gasteiger partial charge on any atom is -0.356 e. The Bertz CT molecular complexity index is 495. The van der Waals surface area contributed by atoms with Gasteiger partial charge in [-0.25, -0.2) is 0 Å². The average Bonchev–Trinajstić information content (AvgIpc) is 2.62. The number of halogens is 1. The summed E-state index contributed by atoms with van der Waals surface area (Å²) in [6, 6.07) is 5.83. The van der Waals surface area contributed by atoms with Gasteiger partial charge in [-0.15, -0.1) is 24.0 Å². The largest absolute Gasteiger partial charge is 0.356 e. The summed E-state index contributed by atoms with van der Waals surface area (Å²) in [6.45, 7) is 3.97. The second-order valence-electron chi connectivity index (χ2n) is 5.80. The van der Waals surface area contributed by atoms with Crippen LogP contribution in [0.4, 0.5) is 0 Å². The number of unbranched alkanes of at least 4 members (excludes halogenated alkanes) is 3. The van der Waals surface area contributed by atoms with Crippen LogP contribution in [0.25, 0.3) is 0 Å². The number of aliphatic imine (C=N–C) groups is 1. The number of amides is 1. The molecular formula is C18H32IN5O. The molecule has 142 valence electrons. The van der Waals surface area contributed by atoms with Gasteiger partial charge in [0.05, 0.1) is 6.54 Å². The van der Waals surface area contributed by atoms with Gasteiger partial charge in [-0.2, -0.15) is 0 Å². The normalized spacial score (nSPS) is 10.8. The fourth-order valence-electron chi connectivity index (χ4n) is 2.23. The van der Waals surface area contributed by atoms with Crippen molar-refractivity contribution < 1.29 is 4.79 Å². The molecule has 1 aromatic rings. The first-order chi connectivity index (χ1) is 11.7. The van der Waals surface area contributed by atoms with Crippen LogP contribution in [0.3, 0.4) is 0 Å². The third-order valence-corrected chi connectivity index (χ3v) is 3.81. The average molecular weight is 461 g/mol. The van der Waals surface area contributed by atoms with Crippen molar-refractivity contribution in [3.05, 3.63) is 30.1 Å². The number of nitrogens with zero attached hydrogens (tertiary/aromatic N) is 3. The minimum absolute atomic E-state index is 0. The molecule has 7 heteroatoms. The van der Waals surface area contributed by atoms with Crippen molar-refractivity contribution in [1.82, 2.24) is 20.5 Å². The van der Waals surface area contributed by atoms with Gasteiger partial charge < -0.3 is 15.5 Å². The van der Waals surface area contributed by atoms with E-state index in [0.717, 1.165) is 25.1 Å². The first-order valence-corrected chi connectivity index (χ1v) is 8.75. The van der Waals surface area contributed by atoms with Crippen LogP contribution in [0.2, 0.25) is 0 Å². The maximum Gasteiger partial charge on any atom is 0.241 e. The zero-order valence-electron chi connectivity index (χ0n) is 15.6. The van der Waals surface area contributed by atoms with Gasteiger partial charge in [0.1, 0.15) is 0 Å². The number of pyridine rings is 1. The lowest BCUT2D eigenvalue weighted by Gasteiger charge is -2.18. The van der Waals surface area contributed by atoms with E-state index in [-0.39, 0.29) is 36.4 Å². The Hall–Kier alpha value is -1.38. The molecule has 0 saturated carbocycles. The van der Waals surface area contributed by atoms with Gasteiger partial charge >= 0.3 is 0 Å². The van der Waals surface area contributed by atoms with Crippen LogP contribution in [0.15, 0.2) is 29.4 Å². The molecule has 0 spiro atoms. The quantitative estimate of drug-likeness (QED) is 0.243. The molecule has 1 heterocycles. The van der Waals surface area contributed by atoms with E-state index in [0.29, 0.717) is 12.5 Å². The van der Waals surface area contributed by atoms with Crippen LogP contribution >= 0.6 is 24.0 Å². The zero-order valence-corrected chi connectivity index (χ0v) is 18.0. The third-order valence-electron chi connectivity index (χ3n) is 3.81. The molecule has 1 aromatic heterocycles. The standard InChI is InChI=1S/C18H31N5O.HI/c1-4-5-6-8-13-21-18(19-2)22-15-17(24)23(3)14-11-16-10-7-9-12-20-16;/h7,9-10,12H,4-6,8,11,13-15H2,1-3H3,(H2,19,21,22);1H. The third kappa shape index (κ3) is 11.0. The summed E-state index contributed by atoms with van der Waals surface area (Å²) in [7, 11) is 3.53. The topological polar surface area (TPSA) is 69.6 Å². The molecule has 6 nitrogen and oxygen atoms in total. The van der Waals surface area contributed by atoms with Crippen molar-refractivity contribution in [3.8, 4) is 0 Å². The van der Waals surface area contributed by atoms with Gasteiger partial charge in [0.15, 0.2) is 5.96 Å². The molecule has 0 saturated heterocycles. The summed E-state index contributed by atoms with van der Waals surface area (Å²) in [5.41, 5.74) is 0.995. The van der Waals surface area contributed by atoms with Gasteiger partial charge in [0, 0.05) is 45.5 Å². The Morgan fingerprint density at radius 3 is 2.68 bits per heavy atom. The van der Waals surface area contributed by atoms with E-state index >= 15 is 0 Å². The maximum absolute atomic E-state index is 12.2. The summed E-state index contributed by atoms with van der Waals surface area (Å²) in [5, 5.41) is 6.31. The van der Waals surface area contributed by atoms with Gasteiger partial charge in [-0.1, -0.05) is 32.3 Å². The van der Waals surface area contributed by atoms with E-state index in [1.807, 2.05) is 25.2 Å². The number of aromatic nitrogens is 1. The van der Waals surface area contributed by atoms with Crippen molar-refractivity contribution in [2.45, 2.75) is 39.0 Å². The van der Waals surface area contributed by atoms with Crippen LogP contribution < -0.4 is 10.6 Å². The van der Waals surface area contributed by atoms with E-state index in [4.69, 9.17) is 0 Å². The Kier molecular flexibility index (Phi) is 14.1. The first-order valence-electron chi connectivity index (χ1n) is 8.75. The Balaban J connectivity index is 0.00000576. The molecule has 25 heavy (non-hydrogen) atoms. The molecule has 1 amide bonds. The van der Waals surface area contributed by atoms with Crippen LogP contribution in [-0.2, 0) is 11.2 Å². The number of nitrogens with one attached hydrogen (secondary N) is 2. The van der Waals surface area contributed by atoms with E-state index in [1.165, 1.54) is 19.3 Å². The number of likely N-dealkylation sites (N-methyl/N-ethyl adjacent to an activating group) is 1. The van der Waals surface area contributed by atoms with Crippen molar-refractivity contribution in [2.75, 3.05) is 33.7 Å². The first kappa shape index (κ1) is 23.6. The van der Waals surface area contributed by atoms with Gasteiger partial charge in [0.25, 0.3) is 0 Å². The van der Waals surface area contributed by atoms with Crippen molar-refractivity contribution in [2.24, 2.45) is 4.99 Å². The number of carbonyl (C=O) groups excluding carboxylic acids is 1. The number of hydrogen-bond acceptors (Lipinski definition) is 3. The molecule has 1 rings (SSSR count). The summed E-state index contributed by atoms with van der Waals surface area (Å²) >= 11 is 0. The molecule has 0 radical (unpaired) electrons. The smallest absolute Gasteiger partial charge is 0.241 e. The molecule has 2 N–H and O–H groups in total. The fourth-order valence-corrected chi connectivity index (χ4v) is 2.23. The second-order valence-corrected chi connectivity index (χ2v) is 5.80. The molecule has 0 atom stereocenters. The maximum atomic E-state index is 12.2. The van der Waals surface area contributed by atoms with E-state index in [9.17, 15) is 4.79 Å². The van der Waals surface area contributed by atoms with Crippen molar-refractivity contribution >= 4 is 35.8 Å². The van der Waals surface area contributed by atoms with Gasteiger partial charge in [-0.05, 0) is 18.6 Å². The molecule has 0 aromatic carbocycles. The minimum atomic E-state index is 0. The van der Waals surface area contributed by atoms with Crippen LogP contribution in [0.5, 0.6) is 0 Å². The Labute approximate surface area is 168 Å². The molecule has 0 unspecified atom stereocenters. The molecule has 0 aliphatic carbocycles.